The lowest BCUT2D eigenvalue weighted by molar-refractivity contribution is 0.347. The molecule has 6 heteroatoms. The van der Waals surface area contributed by atoms with Crippen molar-refractivity contribution in [3.63, 3.8) is 0 Å². The van der Waals surface area contributed by atoms with E-state index in [1.807, 2.05) is 36.4 Å². The van der Waals surface area contributed by atoms with E-state index in [-0.39, 0.29) is 12.4 Å². The van der Waals surface area contributed by atoms with E-state index >= 15 is 0 Å². The number of benzene rings is 2. The lowest BCUT2D eigenvalue weighted by Gasteiger charge is -2.20. The summed E-state index contributed by atoms with van der Waals surface area (Å²) in [6, 6.07) is 18.3. The Bertz CT molecular complexity index is 559. The Morgan fingerprint density at radius 2 is 1.45 bits per heavy atom. The summed E-state index contributed by atoms with van der Waals surface area (Å²) in [7, 11) is -4.25. The maximum atomic E-state index is 11.6. The molecule has 0 heterocycles. The molecule has 0 aliphatic heterocycles. The van der Waals surface area contributed by atoms with E-state index in [4.69, 9.17) is 0 Å². The molecule has 0 amide bonds. The topological polar surface area (TPSA) is 69.6 Å². The van der Waals surface area contributed by atoms with Crippen molar-refractivity contribution >= 4 is 20.0 Å². The molecule has 0 radical (unpaired) electrons. The van der Waals surface area contributed by atoms with Crippen LogP contribution in [0.2, 0.25) is 0 Å². The monoisotopic (exact) mass is 313 g/mol. The fourth-order valence-electron chi connectivity index (χ4n) is 1.88. The van der Waals surface area contributed by atoms with Gasteiger partial charge in [0.15, 0.2) is 0 Å². The minimum Gasteiger partial charge on any atom is -0.323 e. The molecule has 0 aromatic heterocycles. The largest absolute Gasteiger partial charge is 0.346 e. The molecule has 0 aliphatic carbocycles. The van der Waals surface area contributed by atoms with Crippen molar-refractivity contribution in [1.29, 1.82) is 0 Å². The van der Waals surface area contributed by atoms with E-state index in [1.165, 1.54) is 0 Å². The highest BCUT2D eigenvalue weighted by molar-refractivity contribution is 7.52. The Labute approximate surface area is 124 Å². The van der Waals surface area contributed by atoms with Crippen LogP contribution in [-0.4, -0.2) is 9.79 Å². The third kappa shape index (κ3) is 4.75. The van der Waals surface area contributed by atoms with Gasteiger partial charge in [0.25, 0.3) is 0 Å². The Balaban J connectivity index is 0.00000200. The van der Waals surface area contributed by atoms with Gasteiger partial charge in [-0.2, -0.15) is 0 Å². The molecule has 3 N–H and O–H groups in total. The Kier molecular flexibility index (Phi) is 6.40. The quantitative estimate of drug-likeness (QED) is 0.742. The van der Waals surface area contributed by atoms with Crippen LogP contribution in [0.15, 0.2) is 60.7 Å². The second kappa shape index (κ2) is 7.58. The third-order valence-electron chi connectivity index (χ3n) is 2.79. The average molecular weight is 314 g/mol. The normalized spacial score (nSPS) is 12.5. The van der Waals surface area contributed by atoms with Gasteiger partial charge in [-0.1, -0.05) is 60.7 Å². The molecule has 2 aromatic carbocycles. The molecule has 0 unspecified atom stereocenters. The lowest BCUT2D eigenvalue weighted by Crippen LogP contribution is -2.21. The van der Waals surface area contributed by atoms with Crippen LogP contribution in [0.5, 0.6) is 0 Å². The zero-order chi connectivity index (χ0) is 13.7. The van der Waals surface area contributed by atoms with Crippen molar-refractivity contribution in [2.75, 3.05) is 0 Å². The SMILES string of the molecule is Cl.O=P(O)(O)[C@H](NCc1ccccc1)c1ccccc1. The van der Waals surface area contributed by atoms with Crippen LogP contribution in [0, 0.1) is 0 Å². The predicted octanol–water partition coefficient (Wildman–Crippen LogP) is 3.07. The van der Waals surface area contributed by atoms with Gasteiger partial charge in [0, 0.05) is 6.54 Å². The molecule has 4 nitrogen and oxygen atoms in total. The van der Waals surface area contributed by atoms with Crippen molar-refractivity contribution in [1.82, 2.24) is 5.32 Å². The number of hydrogen-bond acceptors (Lipinski definition) is 2. The smallest absolute Gasteiger partial charge is 0.323 e. The number of hydrogen-bond donors (Lipinski definition) is 3. The van der Waals surface area contributed by atoms with Gasteiger partial charge >= 0.3 is 7.60 Å². The van der Waals surface area contributed by atoms with Gasteiger partial charge in [-0.15, -0.1) is 12.4 Å². The molecule has 0 saturated heterocycles. The van der Waals surface area contributed by atoms with E-state index in [9.17, 15) is 14.4 Å². The fourth-order valence-corrected chi connectivity index (χ4v) is 2.77. The molecular formula is C14H17ClNO3P. The molecule has 0 saturated carbocycles. The maximum Gasteiger partial charge on any atom is 0.346 e. The Morgan fingerprint density at radius 3 is 1.95 bits per heavy atom. The fraction of sp³-hybridized carbons (Fsp3) is 0.143. The summed E-state index contributed by atoms with van der Waals surface area (Å²) < 4.78 is 11.6. The van der Waals surface area contributed by atoms with E-state index in [0.29, 0.717) is 12.1 Å². The van der Waals surface area contributed by atoms with Gasteiger partial charge in [-0.25, -0.2) is 0 Å². The van der Waals surface area contributed by atoms with Gasteiger partial charge in [0.1, 0.15) is 5.78 Å². The van der Waals surface area contributed by atoms with Crippen molar-refractivity contribution in [3.8, 4) is 0 Å². The Hall–Kier alpha value is -1.16. The summed E-state index contributed by atoms with van der Waals surface area (Å²) >= 11 is 0. The van der Waals surface area contributed by atoms with Crippen molar-refractivity contribution in [2.45, 2.75) is 12.3 Å². The van der Waals surface area contributed by atoms with E-state index in [1.54, 1.807) is 24.3 Å². The number of nitrogens with one attached hydrogen (secondary N) is 1. The van der Waals surface area contributed by atoms with Gasteiger partial charge in [0.05, 0.1) is 0 Å². The second-order valence-electron chi connectivity index (χ2n) is 4.27. The summed E-state index contributed by atoms with van der Waals surface area (Å²) in [5.41, 5.74) is 1.57. The second-order valence-corrected chi connectivity index (χ2v) is 5.96. The van der Waals surface area contributed by atoms with E-state index in [0.717, 1.165) is 5.56 Å². The minimum absolute atomic E-state index is 0. The van der Waals surface area contributed by atoms with Crippen molar-refractivity contribution < 1.29 is 14.4 Å². The lowest BCUT2D eigenvalue weighted by atomic mass is 10.2. The van der Waals surface area contributed by atoms with Gasteiger partial charge in [-0.3, -0.25) is 9.88 Å². The Morgan fingerprint density at radius 1 is 0.950 bits per heavy atom. The molecule has 0 fully saturated rings. The zero-order valence-electron chi connectivity index (χ0n) is 10.7. The van der Waals surface area contributed by atoms with Crippen molar-refractivity contribution in [2.24, 2.45) is 0 Å². The van der Waals surface area contributed by atoms with Crippen molar-refractivity contribution in [3.05, 3.63) is 71.8 Å². The van der Waals surface area contributed by atoms with Crippen LogP contribution < -0.4 is 5.32 Å². The van der Waals surface area contributed by atoms with Crippen LogP contribution in [0.4, 0.5) is 0 Å². The molecule has 20 heavy (non-hydrogen) atoms. The van der Waals surface area contributed by atoms with E-state index < -0.39 is 13.4 Å². The zero-order valence-corrected chi connectivity index (χ0v) is 12.4. The van der Waals surface area contributed by atoms with E-state index in [2.05, 4.69) is 5.32 Å². The first-order valence-corrected chi connectivity index (χ1v) is 7.63. The van der Waals surface area contributed by atoms with Gasteiger partial charge < -0.3 is 9.79 Å². The highest BCUT2D eigenvalue weighted by Gasteiger charge is 2.29. The molecular weight excluding hydrogens is 297 g/mol. The maximum absolute atomic E-state index is 11.6. The van der Waals surface area contributed by atoms with Crippen LogP contribution in [0.3, 0.4) is 0 Å². The number of rotatable bonds is 5. The summed E-state index contributed by atoms with van der Waals surface area (Å²) in [5.74, 6) is -0.978. The van der Waals surface area contributed by atoms with Crippen LogP contribution in [0.25, 0.3) is 0 Å². The van der Waals surface area contributed by atoms with Gasteiger partial charge in [-0.05, 0) is 11.1 Å². The average Bonchev–Trinajstić information content (AvgIpc) is 2.40. The first kappa shape index (κ1) is 16.9. The summed E-state index contributed by atoms with van der Waals surface area (Å²) in [5, 5.41) is 2.93. The standard InChI is InChI=1S/C14H16NO3P.ClH/c16-19(17,18)14(13-9-5-2-6-10-13)15-11-12-7-3-1-4-8-12;/h1-10,14-15H,11H2,(H2,16,17,18);1H/t14-;/m0./s1. The molecule has 0 aliphatic rings. The summed E-state index contributed by atoms with van der Waals surface area (Å²) in [6.45, 7) is 0.408. The highest BCUT2D eigenvalue weighted by Crippen LogP contribution is 2.49. The van der Waals surface area contributed by atoms with Gasteiger partial charge in [0.2, 0.25) is 0 Å². The summed E-state index contributed by atoms with van der Waals surface area (Å²) in [6.07, 6.45) is 0. The molecule has 2 rings (SSSR count). The van der Waals surface area contributed by atoms with Crippen LogP contribution in [-0.2, 0) is 11.1 Å². The molecule has 2 aromatic rings. The molecule has 108 valence electrons. The molecule has 0 bridgehead atoms. The molecule has 1 atom stereocenters. The van der Waals surface area contributed by atoms with Crippen LogP contribution >= 0.6 is 20.0 Å². The highest BCUT2D eigenvalue weighted by atomic mass is 35.5. The predicted molar refractivity (Wildman–Crippen MR) is 81.8 cm³/mol. The third-order valence-corrected chi connectivity index (χ3v) is 3.95. The first-order valence-electron chi connectivity index (χ1n) is 5.95. The number of halogens is 1. The van der Waals surface area contributed by atoms with Crippen LogP contribution in [0.1, 0.15) is 16.9 Å². The minimum atomic E-state index is -4.25. The first-order chi connectivity index (χ1) is 9.07. The summed E-state index contributed by atoms with van der Waals surface area (Å²) in [4.78, 5) is 18.9. The molecule has 0 spiro atoms.